The monoisotopic (exact) mass is 236 g/mol. The number of carbonyl (C=O) groups is 1. The zero-order valence-electron chi connectivity index (χ0n) is 8.56. The second kappa shape index (κ2) is 4.80. The molecule has 0 aliphatic heterocycles. The van der Waals surface area contributed by atoms with E-state index in [0.29, 0.717) is 18.1 Å². The Morgan fingerprint density at radius 3 is 3.12 bits per heavy atom. The van der Waals surface area contributed by atoms with Crippen molar-refractivity contribution in [3.05, 3.63) is 34.2 Å². The van der Waals surface area contributed by atoms with Crippen LogP contribution in [0.25, 0.3) is 0 Å². The molecule has 84 valence electrons. The molecule has 0 fully saturated rings. The van der Waals surface area contributed by atoms with Gasteiger partial charge in [0.25, 0.3) is 5.91 Å². The summed E-state index contributed by atoms with van der Waals surface area (Å²) in [5.74, 6) is 0.143. The van der Waals surface area contributed by atoms with E-state index in [4.69, 9.17) is 5.73 Å². The predicted molar refractivity (Wildman–Crippen MR) is 63.4 cm³/mol. The molecule has 6 heteroatoms. The van der Waals surface area contributed by atoms with Crippen LogP contribution < -0.4 is 11.1 Å². The number of H-pyrrole nitrogens is 1. The van der Waals surface area contributed by atoms with E-state index in [9.17, 15) is 4.79 Å². The fourth-order valence-electron chi connectivity index (χ4n) is 1.30. The fourth-order valence-corrected chi connectivity index (χ4v) is 2.01. The highest BCUT2D eigenvalue weighted by Crippen LogP contribution is 2.08. The number of nitrogen functional groups attached to an aromatic ring is 1. The molecule has 2 rings (SSSR count). The lowest BCUT2D eigenvalue weighted by Gasteiger charge is -2.01. The molecule has 2 aromatic rings. The third-order valence-electron chi connectivity index (χ3n) is 2.08. The Labute approximate surface area is 96.7 Å². The molecule has 5 nitrogen and oxygen atoms in total. The van der Waals surface area contributed by atoms with Crippen LogP contribution in [0.4, 0.5) is 5.82 Å². The summed E-state index contributed by atoms with van der Waals surface area (Å²) < 4.78 is 0. The average molecular weight is 236 g/mol. The standard InChI is InChI=1S/C10H12N4OS/c11-9-6-8(13-14-9)10(15)12-4-3-7-2-1-5-16-7/h1-2,5-6H,3-4H2,(H,12,15)(H3,11,13,14). The van der Waals surface area contributed by atoms with E-state index in [1.807, 2.05) is 17.5 Å². The summed E-state index contributed by atoms with van der Waals surface area (Å²) >= 11 is 1.68. The fraction of sp³-hybridized carbons (Fsp3) is 0.200. The minimum atomic E-state index is -0.180. The van der Waals surface area contributed by atoms with Crippen LogP contribution in [-0.4, -0.2) is 22.6 Å². The number of carbonyl (C=O) groups excluding carboxylic acids is 1. The van der Waals surface area contributed by atoms with Gasteiger partial charge in [-0.1, -0.05) is 6.07 Å². The van der Waals surface area contributed by atoms with Crippen LogP contribution in [0.2, 0.25) is 0 Å². The highest BCUT2D eigenvalue weighted by atomic mass is 32.1. The van der Waals surface area contributed by atoms with Crippen molar-refractivity contribution in [3.63, 3.8) is 0 Å². The van der Waals surface area contributed by atoms with E-state index in [1.165, 1.54) is 10.9 Å². The molecule has 0 aliphatic rings. The normalized spacial score (nSPS) is 10.2. The van der Waals surface area contributed by atoms with Crippen LogP contribution >= 0.6 is 11.3 Å². The number of nitrogens with two attached hydrogens (primary N) is 1. The maximum Gasteiger partial charge on any atom is 0.269 e. The van der Waals surface area contributed by atoms with Gasteiger partial charge in [-0.3, -0.25) is 9.89 Å². The largest absolute Gasteiger partial charge is 0.382 e. The first kappa shape index (κ1) is 10.7. The Morgan fingerprint density at radius 2 is 2.50 bits per heavy atom. The molecule has 1 amide bonds. The summed E-state index contributed by atoms with van der Waals surface area (Å²) in [6.45, 7) is 0.609. The zero-order valence-corrected chi connectivity index (χ0v) is 9.38. The Balaban J connectivity index is 1.80. The minimum Gasteiger partial charge on any atom is -0.382 e. The SMILES string of the molecule is Nc1cc(C(=O)NCCc2cccs2)[nH]n1. The van der Waals surface area contributed by atoms with Gasteiger partial charge in [0.1, 0.15) is 11.5 Å². The van der Waals surface area contributed by atoms with Crippen LogP contribution in [-0.2, 0) is 6.42 Å². The lowest BCUT2D eigenvalue weighted by atomic mass is 10.3. The Bertz CT molecular complexity index is 463. The first-order valence-corrected chi connectivity index (χ1v) is 5.75. The van der Waals surface area contributed by atoms with Gasteiger partial charge in [-0.05, 0) is 17.9 Å². The molecule has 0 aromatic carbocycles. The predicted octanol–water partition coefficient (Wildman–Crippen LogP) is 1.03. The molecule has 2 aromatic heterocycles. The van der Waals surface area contributed by atoms with Gasteiger partial charge < -0.3 is 11.1 Å². The van der Waals surface area contributed by atoms with E-state index in [0.717, 1.165) is 6.42 Å². The van der Waals surface area contributed by atoms with E-state index < -0.39 is 0 Å². The van der Waals surface area contributed by atoms with Gasteiger partial charge >= 0.3 is 0 Å². The van der Waals surface area contributed by atoms with Crippen molar-refractivity contribution >= 4 is 23.1 Å². The smallest absolute Gasteiger partial charge is 0.269 e. The number of aromatic amines is 1. The van der Waals surface area contributed by atoms with Crippen molar-refractivity contribution in [2.75, 3.05) is 12.3 Å². The number of nitrogens with zero attached hydrogens (tertiary/aromatic N) is 1. The molecule has 0 unspecified atom stereocenters. The van der Waals surface area contributed by atoms with Gasteiger partial charge in [-0.15, -0.1) is 11.3 Å². The summed E-state index contributed by atoms with van der Waals surface area (Å²) in [6, 6.07) is 5.56. The highest BCUT2D eigenvalue weighted by molar-refractivity contribution is 7.09. The van der Waals surface area contributed by atoms with E-state index >= 15 is 0 Å². The summed E-state index contributed by atoms with van der Waals surface area (Å²) in [4.78, 5) is 12.8. The minimum absolute atomic E-state index is 0.180. The zero-order chi connectivity index (χ0) is 11.4. The quantitative estimate of drug-likeness (QED) is 0.741. The van der Waals surface area contributed by atoms with Crippen molar-refractivity contribution in [2.45, 2.75) is 6.42 Å². The van der Waals surface area contributed by atoms with Gasteiger partial charge in [-0.25, -0.2) is 0 Å². The number of rotatable bonds is 4. The summed E-state index contributed by atoms with van der Waals surface area (Å²) in [5, 5.41) is 11.1. The molecule has 0 bridgehead atoms. The summed E-state index contributed by atoms with van der Waals surface area (Å²) in [7, 11) is 0. The van der Waals surface area contributed by atoms with E-state index in [2.05, 4.69) is 15.5 Å². The second-order valence-electron chi connectivity index (χ2n) is 3.29. The highest BCUT2D eigenvalue weighted by Gasteiger charge is 2.07. The van der Waals surface area contributed by atoms with Gasteiger partial charge in [0, 0.05) is 17.5 Å². The van der Waals surface area contributed by atoms with Crippen LogP contribution in [0.3, 0.4) is 0 Å². The number of hydrogen-bond acceptors (Lipinski definition) is 4. The number of amides is 1. The summed E-state index contributed by atoms with van der Waals surface area (Å²) in [5.41, 5.74) is 5.79. The van der Waals surface area contributed by atoms with Gasteiger partial charge in [0.15, 0.2) is 0 Å². The van der Waals surface area contributed by atoms with Crippen LogP contribution in [0.1, 0.15) is 15.4 Å². The molecule has 0 saturated heterocycles. The molecule has 0 spiro atoms. The van der Waals surface area contributed by atoms with Crippen LogP contribution in [0.5, 0.6) is 0 Å². The van der Waals surface area contributed by atoms with E-state index in [1.54, 1.807) is 11.3 Å². The van der Waals surface area contributed by atoms with Crippen molar-refractivity contribution in [2.24, 2.45) is 0 Å². The second-order valence-corrected chi connectivity index (χ2v) is 4.32. The van der Waals surface area contributed by atoms with Crippen LogP contribution in [0, 0.1) is 0 Å². The van der Waals surface area contributed by atoms with Gasteiger partial charge in [0.2, 0.25) is 0 Å². The third kappa shape index (κ3) is 2.60. The number of aromatic nitrogens is 2. The number of thiophene rings is 1. The molecular formula is C10H12N4OS. The average Bonchev–Trinajstić information content (AvgIpc) is 2.89. The molecular weight excluding hydrogens is 224 g/mol. The lowest BCUT2D eigenvalue weighted by Crippen LogP contribution is -2.25. The Kier molecular flexibility index (Phi) is 3.21. The Hall–Kier alpha value is -1.82. The van der Waals surface area contributed by atoms with Crippen LogP contribution in [0.15, 0.2) is 23.6 Å². The molecule has 0 aliphatic carbocycles. The van der Waals surface area contributed by atoms with Crippen molar-refractivity contribution in [1.29, 1.82) is 0 Å². The van der Waals surface area contributed by atoms with Gasteiger partial charge in [-0.2, -0.15) is 5.10 Å². The van der Waals surface area contributed by atoms with Crippen molar-refractivity contribution < 1.29 is 4.79 Å². The van der Waals surface area contributed by atoms with Crippen molar-refractivity contribution in [1.82, 2.24) is 15.5 Å². The maximum atomic E-state index is 11.6. The lowest BCUT2D eigenvalue weighted by molar-refractivity contribution is 0.0949. The van der Waals surface area contributed by atoms with E-state index in [-0.39, 0.29) is 5.91 Å². The maximum absolute atomic E-state index is 11.6. The third-order valence-corrected chi connectivity index (χ3v) is 3.02. The number of hydrogen-bond donors (Lipinski definition) is 3. The molecule has 2 heterocycles. The van der Waals surface area contributed by atoms with Gasteiger partial charge in [0.05, 0.1) is 0 Å². The molecule has 16 heavy (non-hydrogen) atoms. The molecule has 0 radical (unpaired) electrons. The first-order valence-electron chi connectivity index (χ1n) is 4.87. The van der Waals surface area contributed by atoms with Crippen molar-refractivity contribution in [3.8, 4) is 0 Å². The molecule has 0 atom stereocenters. The topological polar surface area (TPSA) is 83.8 Å². The first-order chi connectivity index (χ1) is 7.75. The number of anilines is 1. The summed E-state index contributed by atoms with van der Waals surface area (Å²) in [6.07, 6.45) is 0.840. The molecule has 4 N–H and O–H groups in total. The molecule has 0 saturated carbocycles. The Morgan fingerprint density at radius 1 is 1.62 bits per heavy atom. The number of nitrogens with one attached hydrogen (secondary N) is 2.